The van der Waals surface area contributed by atoms with Gasteiger partial charge < -0.3 is 20.1 Å². The first-order valence-corrected chi connectivity index (χ1v) is 8.61. The van der Waals surface area contributed by atoms with Crippen molar-refractivity contribution in [2.24, 2.45) is 10.9 Å². The molecule has 0 spiro atoms. The molecule has 0 amide bonds. The minimum atomic E-state index is -4.34. The molecule has 1 aromatic carbocycles. The zero-order chi connectivity index (χ0) is 19.4. The predicted molar refractivity (Wildman–Crippen MR) is 96.5 cm³/mol. The summed E-state index contributed by atoms with van der Waals surface area (Å²) in [5.74, 6) is 1.38. The molecule has 0 saturated heterocycles. The number of nitrogens with one attached hydrogen (secondary N) is 2. The lowest BCUT2D eigenvalue weighted by Crippen LogP contribution is -2.37. The molecule has 0 aliphatic heterocycles. The fourth-order valence-corrected chi connectivity index (χ4v) is 1.98. The number of halogens is 3. The zero-order valence-electron chi connectivity index (χ0n) is 15.5. The minimum absolute atomic E-state index is 0.190. The van der Waals surface area contributed by atoms with Crippen LogP contribution < -0.4 is 15.4 Å². The molecule has 26 heavy (non-hydrogen) atoms. The van der Waals surface area contributed by atoms with E-state index in [1.165, 1.54) is 12.1 Å². The van der Waals surface area contributed by atoms with Crippen LogP contribution in [0.5, 0.6) is 5.75 Å². The smallest absolute Gasteiger partial charge is 0.422 e. The van der Waals surface area contributed by atoms with Crippen LogP contribution in [0.15, 0.2) is 29.3 Å². The van der Waals surface area contributed by atoms with Gasteiger partial charge in [-0.25, -0.2) is 0 Å². The summed E-state index contributed by atoms with van der Waals surface area (Å²) in [4.78, 5) is 4.13. The van der Waals surface area contributed by atoms with Crippen molar-refractivity contribution in [1.82, 2.24) is 10.6 Å². The van der Waals surface area contributed by atoms with Crippen LogP contribution in [0, 0.1) is 5.92 Å². The second kappa shape index (κ2) is 11.6. The third kappa shape index (κ3) is 10.8. The summed E-state index contributed by atoms with van der Waals surface area (Å²) in [6.45, 7) is 5.63. The molecule has 0 radical (unpaired) electrons. The molecule has 0 saturated carbocycles. The van der Waals surface area contributed by atoms with Crippen LogP contribution in [0.4, 0.5) is 13.2 Å². The molecule has 1 aromatic rings. The van der Waals surface area contributed by atoms with Crippen LogP contribution in [0.25, 0.3) is 0 Å². The van der Waals surface area contributed by atoms with Crippen molar-refractivity contribution in [2.45, 2.75) is 33.0 Å². The van der Waals surface area contributed by atoms with Crippen LogP contribution in [-0.2, 0) is 11.3 Å². The summed E-state index contributed by atoms with van der Waals surface area (Å²) in [5.41, 5.74) is 0.910. The molecule has 8 heteroatoms. The van der Waals surface area contributed by atoms with E-state index >= 15 is 0 Å². The van der Waals surface area contributed by atoms with Gasteiger partial charge in [0.2, 0.25) is 0 Å². The molecule has 148 valence electrons. The van der Waals surface area contributed by atoms with Crippen molar-refractivity contribution in [2.75, 3.05) is 33.4 Å². The van der Waals surface area contributed by atoms with Gasteiger partial charge in [0.25, 0.3) is 0 Å². The van der Waals surface area contributed by atoms with Gasteiger partial charge in [-0.2, -0.15) is 13.2 Å². The lowest BCUT2D eigenvalue weighted by Gasteiger charge is -2.13. The van der Waals surface area contributed by atoms with Crippen molar-refractivity contribution < 1.29 is 22.6 Å². The molecule has 0 atom stereocenters. The first kappa shape index (κ1) is 22.1. The maximum Gasteiger partial charge on any atom is 0.422 e. The lowest BCUT2D eigenvalue weighted by atomic mass is 10.2. The highest BCUT2D eigenvalue weighted by molar-refractivity contribution is 5.79. The number of rotatable bonds is 10. The monoisotopic (exact) mass is 375 g/mol. The van der Waals surface area contributed by atoms with Gasteiger partial charge in [-0.3, -0.25) is 4.99 Å². The fourth-order valence-electron chi connectivity index (χ4n) is 1.98. The van der Waals surface area contributed by atoms with Gasteiger partial charge in [-0.15, -0.1) is 0 Å². The van der Waals surface area contributed by atoms with Gasteiger partial charge in [-0.1, -0.05) is 26.0 Å². The topological polar surface area (TPSA) is 54.9 Å². The molecule has 0 unspecified atom stereocenters. The van der Waals surface area contributed by atoms with Gasteiger partial charge in [0, 0.05) is 33.4 Å². The second-order valence-electron chi connectivity index (χ2n) is 6.22. The van der Waals surface area contributed by atoms with Crippen LogP contribution in [0.3, 0.4) is 0 Å². The maximum atomic E-state index is 12.1. The molecule has 0 bridgehead atoms. The van der Waals surface area contributed by atoms with Crippen LogP contribution in [0.1, 0.15) is 25.8 Å². The average molecular weight is 375 g/mol. The normalized spacial score (nSPS) is 12.3. The molecular formula is C18H28F3N3O2. The Balaban J connectivity index is 2.26. The zero-order valence-corrected chi connectivity index (χ0v) is 15.5. The Morgan fingerprint density at radius 3 is 2.42 bits per heavy atom. The second-order valence-corrected chi connectivity index (χ2v) is 6.22. The summed E-state index contributed by atoms with van der Waals surface area (Å²) in [5, 5.41) is 6.33. The first-order chi connectivity index (χ1) is 12.3. The number of guanidine groups is 1. The van der Waals surface area contributed by atoms with E-state index in [0.29, 0.717) is 25.0 Å². The third-order valence-corrected chi connectivity index (χ3v) is 3.22. The summed E-state index contributed by atoms with van der Waals surface area (Å²) in [6.07, 6.45) is -3.46. The predicted octanol–water partition coefficient (Wildman–Crippen LogP) is 3.36. The molecule has 0 aromatic heterocycles. The number of aliphatic imine (C=N–C) groups is 1. The quantitative estimate of drug-likeness (QED) is 0.374. The highest BCUT2D eigenvalue weighted by Gasteiger charge is 2.28. The molecule has 0 aliphatic carbocycles. The van der Waals surface area contributed by atoms with E-state index in [2.05, 4.69) is 34.2 Å². The van der Waals surface area contributed by atoms with Crippen molar-refractivity contribution >= 4 is 5.96 Å². The molecule has 0 fully saturated rings. The molecule has 0 heterocycles. The highest BCUT2D eigenvalue weighted by Crippen LogP contribution is 2.18. The molecule has 0 aliphatic rings. The number of alkyl halides is 3. The Labute approximate surface area is 153 Å². The first-order valence-electron chi connectivity index (χ1n) is 8.61. The van der Waals surface area contributed by atoms with Crippen LogP contribution in [-0.4, -0.2) is 45.5 Å². The minimum Gasteiger partial charge on any atom is -0.484 e. The number of benzene rings is 1. The van der Waals surface area contributed by atoms with Crippen LogP contribution >= 0.6 is 0 Å². The highest BCUT2D eigenvalue weighted by atomic mass is 19.4. The van der Waals surface area contributed by atoms with E-state index < -0.39 is 12.8 Å². The number of nitrogens with zero attached hydrogens (tertiary/aromatic N) is 1. The Bertz CT molecular complexity index is 531. The Hall–Kier alpha value is -1.96. The van der Waals surface area contributed by atoms with Gasteiger partial charge in [0.05, 0.1) is 0 Å². The van der Waals surface area contributed by atoms with E-state index in [-0.39, 0.29) is 5.75 Å². The molecule has 5 nitrogen and oxygen atoms in total. The van der Waals surface area contributed by atoms with E-state index in [9.17, 15) is 13.2 Å². The van der Waals surface area contributed by atoms with Gasteiger partial charge in [-0.05, 0) is 30.0 Å². The summed E-state index contributed by atoms with van der Waals surface area (Å²) < 4.78 is 46.5. The van der Waals surface area contributed by atoms with E-state index in [1.807, 2.05) is 0 Å². The van der Waals surface area contributed by atoms with Gasteiger partial charge in [0.1, 0.15) is 5.75 Å². The van der Waals surface area contributed by atoms with E-state index in [1.54, 1.807) is 19.2 Å². The Morgan fingerprint density at radius 2 is 1.85 bits per heavy atom. The Kier molecular flexibility index (Phi) is 9.87. The third-order valence-electron chi connectivity index (χ3n) is 3.22. The average Bonchev–Trinajstić information content (AvgIpc) is 2.58. The largest absolute Gasteiger partial charge is 0.484 e. The van der Waals surface area contributed by atoms with Crippen molar-refractivity contribution in [3.63, 3.8) is 0 Å². The van der Waals surface area contributed by atoms with E-state index in [0.717, 1.165) is 25.1 Å². The summed E-state index contributed by atoms with van der Waals surface area (Å²) >= 11 is 0. The molecule has 2 N–H and O–H groups in total. The number of ether oxygens (including phenoxy) is 2. The van der Waals surface area contributed by atoms with Crippen LogP contribution in [0.2, 0.25) is 0 Å². The Morgan fingerprint density at radius 1 is 1.15 bits per heavy atom. The van der Waals surface area contributed by atoms with Gasteiger partial charge >= 0.3 is 6.18 Å². The van der Waals surface area contributed by atoms with E-state index in [4.69, 9.17) is 4.74 Å². The summed E-state index contributed by atoms with van der Waals surface area (Å²) in [7, 11) is 1.68. The standard InChI is InChI=1S/C18H28F3N3O2/c1-14(2)12-25-10-4-9-23-17(22-3)24-11-15-5-7-16(8-6-15)26-13-18(19,20)21/h5-8,14H,4,9-13H2,1-3H3,(H2,22,23,24). The number of hydrogen-bond acceptors (Lipinski definition) is 3. The SMILES string of the molecule is CN=C(NCCCOCC(C)C)NCc1ccc(OCC(F)(F)F)cc1. The number of hydrogen-bond donors (Lipinski definition) is 2. The van der Waals surface area contributed by atoms with Gasteiger partial charge in [0.15, 0.2) is 12.6 Å². The fraction of sp³-hybridized carbons (Fsp3) is 0.611. The maximum absolute atomic E-state index is 12.1. The van der Waals surface area contributed by atoms with Crippen molar-refractivity contribution in [3.8, 4) is 5.75 Å². The summed E-state index contributed by atoms with van der Waals surface area (Å²) in [6, 6.07) is 6.47. The molecular weight excluding hydrogens is 347 g/mol. The van der Waals surface area contributed by atoms with Crippen molar-refractivity contribution in [1.29, 1.82) is 0 Å². The molecule has 1 rings (SSSR count). The lowest BCUT2D eigenvalue weighted by molar-refractivity contribution is -0.153. The van der Waals surface area contributed by atoms with Crippen molar-refractivity contribution in [3.05, 3.63) is 29.8 Å².